The summed E-state index contributed by atoms with van der Waals surface area (Å²) in [5.41, 5.74) is 0.238. The molecule has 0 unspecified atom stereocenters. The first-order valence-electron chi connectivity index (χ1n) is 7.21. The number of hydrogen-bond donors (Lipinski definition) is 0. The van der Waals surface area contributed by atoms with Gasteiger partial charge in [0.25, 0.3) is 5.89 Å². The summed E-state index contributed by atoms with van der Waals surface area (Å²) < 4.78 is 12.7. The molecule has 112 valence electrons. The fourth-order valence-electron chi connectivity index (χ4n) is 2.88. The summed E-state index contributed by atoms with van der Waals surface area (Å²) in [6, 6.07) is 3.20. The zero-order valence-corrected chi connectivity index (χ0v) is 12.3. The van der Waals surface area contributed by atoms with Crippen LogP contribution >= 0.6 is 0 Å². The second-order valence-corrected chi connectivity index (χ2v) is 5.55. The van der Waals surface area contributed by atoms with Crippen molar-refractivity contribution in [2.45, 2.75) is 37.7 Å². The Balaban J connectivity index is 1.95. The van der Waals surface area contributed by atoms with Crippen LogP contribution in [-0.4, -0.2) is 21.8 Å². The van der Waals surface area contributed by atoms with Crippen molar-refractivity contribution in [2.75, 3.05) is 7.11 Å². The van der Waals surface area contributed by atoms with Crippen LogP contribution in [0, 0.1) is 0 Å². The van der Waals surface area contributed by atoms with E-state index >= 15 is 0 Å². The van der Waals surface area contributed by atoms with E-state index in [1.54, 1.807) is 26.4 Å². The van der Waals surface area contributed by atoms with E-state index in [-0.39, 0.29) is 5.56 Å². The molecule has 0 amide bonds. The Kier molecular flexibility index (Phi) is 3.63. The van der Waals surface area contributed by atoms with Gasteiger partial charge >= 0.3 is 0 Å². The molecule has 0 aliphatic heterocycles. The van der Waals surface area contributed by atoms with Gasteiger partial charge in [-0.25, -0.2) is 0 Å². The molecule has 2 aromatic heterocycles. The molecule has 0 N–H and O–H groups in total. The van der Waals surface area contributed by atoms with Crippen LogP contribution < -0.4 is 5.56 Å². The van der Waals surface area contributed by atoms with Gasteiger partial charge in [0.15, 0.2) is 0 Å². The molecule has 1 aliphatic carbocycles. The lowest BCUT2D eigenvalue weighted by Gasteiger charge is -2.32. The number of rotatable bonds is 3. The summed E-state index contributed by atoms with van der Waals surface area (Å²) in [5.74, 6) is 1.02. The summed E-state index contributed by atoms with van der Waals surface area (Å²) in [7, 11) is 3.39. The van der Waals surface area contributed by atoms with Gasteiger partial charge in [-0.15, -0.1) is 0 Å². The normalized spacial score (nSPS) is 17.8. The minimum Gasteiger partial charge on any atom is -0.368 e. The Hall–Kier alpha value is -1.95. The largest absolute Gasteiger partial charge is 0.368 e. The number of pyridine rings is 1. The molecule has 0 aromatic carbocycles. The fraction of sp³-hybridized carbons (Fsp3) is 0.533. The van der Waals surface area contributed by atoms with Gasteiger partial charge in [0.05, 0.1) is 0 Å². The second kappa shape index (κ2) is 5.44. The van der Waals surface area contributed by atoms with Crippen LogP contribution in [0.15, 0.2) is 27.6 Å². The predicted molar refractivity (Wildman–Crippen MR) is 76.7 cm³/mol. The minimum atomic E-state index is -0.454. The van der Waals surface area contributed by atoms with Crippen LogP contribution in [0.3, 0.4) is 0 Å². The van der Waals surface area contributed by atoms with Crippen molar-refractivity contribution in [3.63, 3.8) is 0 Å². The maximum absolute atomic E-state index is 11.4. The van der Waals surface area contributed by atoms with Gasteiger partial charge in [-0.2, -0.15) is 4.98 Å². The second-order valence-electron chi connectivity index (χ2n) is 5.55. The minimum absolute atomic E-state index is 0.0666. The lowest BCUT2D eigenvalue weighted by molar-refractivity contribution is -0.0672. The summed E-state index contributed by atoms with van der Waals surface area (Å²) >= 11 is 0. The van der Waals surface area contributed by atoms with Gasteiger partial charge in [0.1, 0.15) is 5.60 Å². The molecule has 6 heteroatoms. The first-order valence-corrected chi connectivity index (χ1v) is 7.21. The van der Waals surface area contributed by atoms with Gasteiger partial charge in [-0.05, 0) is 18.9 Å². The van der Waals surface area contributed by atoms with Gasteiger partial charge in [-0.3, -0.25) is 4.79 Å². The highest BCUT2D eigenvalue weighted by Gasteiger charge is 2.39. The predicted octanol–water partition coefficient (Wildman–Crippen LogP) is 2.24. The average molecular weight is 289 g/mol. The number of methoxy groups -OCH3 is 1. The lowest BCUT2D eigenvalue weighted by Crippen LogP contribution is -2.31. The van der Waals surface area contributed by atoms with Gasteiger partial charge in [0, 0.05) is 32.0 Å². The first-order chi connectivity index (χ1) is 10.1. The molecule has 1 saturated carbocycles. The Bertz CT molecular complexity index is 683. The summed E-state index contributed by atoms with van der Waals surface area (Å²) in [6.07, 6.45) is 6.93. The molecule has 0 radical (unpaired) electrons. The van der Waals surface area contributed by atoms with Crippen molar-refractivity contribution in [3.8, 4) is 11.4 Å². The highest BCUT2D eigenvalue weighted by Crippen LogP contribution is 2.39. The molecule has 21 heavy (non-hydrogen) atoms. The van der Waals surface area contributed by atoms with E-state index in [2.05, 4.69) is 10.1 Å². The smallest absolute Gasteiger partial charge is 0.259 e. The highest BCUT2D eigenvalue weighted by atomic mass is 16.5. The van der Waals surface area contributed by atoms with Crippen molar-refractivity contribution in [1.29, 1.82) is 0 Å². The van der Waals surface area contributed by atoms with Crippen molar-refractivity contribution in [1.82, 2.24) is 14.7 Å². The highest BCUT2D eigenvalue weighted by molar-refractivity contribution is 5.52. The van der Waals surface area contributed by atoms with Crippen LogP contribution in [0.5, 0.6) is 0 Å². The molecule has 1 aliphatic rings. The topological polar surface area (TPSA) is 70.2 Å². The standard InChI is InChI=1S/C15H19N3O3/c1-18-10-11(6-7-12(18)19)13-16-14(21-17-13)15(20-2)8-4-3-5-9-15/h6-7,10H,3-5,8-9H2,1-2H3. The van der Waals surface area contributed by atoms with Gasteiger partial charge in [0.2, 0.25) is 11.4 Å². The van der Waals surface area contributed by atoms with Crippen molar-refractivity contribution >= 4 is 0 Å². The van der Waals surface area contributed by atoms with E-state index < -0.39 is 5.60 Å². The van der Waals surface area contributed by atoms with E-state index in [9.17, 15) is 4.79 Å². The van der Waals surface area contributed by atoms with Gasteiger partial charge < -0.3 is 13.8 Å². The number of hydrogen-bond acceptors (Lipinski definition) is 5. The lowest BCUT2D eigenvalue weighted by atomic mass is 9.84. The number of aryl methyl sites for hydroxylation is 1. The molecule has 2 heterocycles. The summed E-state index contributed by atoms with van der Waals surface area (Å²) in [5, 5.41) is 4.04. The van der Waals surface area contributed by atoms with Crippen LogP contribution in [0.2, 0.25) is 0 Å². The molecule has 0 spiro atoms. The Morgan fingerprint density at radius 1 is 1.29 bits per heavy atom. The van der Waals surface area contributed by atoms with Crippen LogP contribution in [0.1, 0.15) is 38.0 Å². The molecular formula is C15H19N3O3. The zero-order valence-electron chi connectivity index (χ0n) is 12.3. The van der Waals surface area contributed by atoms with E-state index in [0.717, 1.165) is 31.2 Å². The number of nitrogens with zero attached hydrogens (tertiary/aromatic N) is 3. The van der Waals surface area contributed by atoms with E-state index in [4.69, 9.17) is 9.26 Å². The third-order valence-corrected chi connectivity index (χ3v) is 4.21. The fourth-order valence-corrected chi connectivity index (χ4v) is 2.88. The summed E-state index contributed by atoms with van der Waals surface area (Å²) in [4.78, 5) is 15.9. The van der Waals surface area contributed by atoms with E-state index in [0.29, 0.717) is 11.7 Å². The molecule has 2 aromatic rings. The van der Waals surface area contributed by atoms with Crippen molar-refractivity contribution in [2.24, 2.45) is 7.05 Å². The Morgan fingerprint density at radius 2 is 2.05 bits per heavy atom. The van der Waals surface area contributed by atoms with Crippen LogP contribution in [0.4, 0.5) is 0 Å². The molecule has 0 atom stereocenters. The van der Waals surface area contributed by atoms with Crippen molar-refractivity contribution < 1.29 is 9.26 Å². The molecular weight excluding hydrogens is 270 g/mol. The Labute approximate surface area is 122 Å². The van der Waals surface area contributed by atoms with Crippen LogP contribution in [-0.2, 0) is 17.4 Å². The molecule has 6 nitrogen and oxygen atoms in total. The monoisotopic (exact) mass is 289 g/mol. The quantitative estimate of drug-likeness (QED) is 0.866. The van der Waals surface area contributed by atoms with E-state index in [1.807, 2.05) is 0 Å². The average Bonchev–Trinajstić information content (AvgIpc) is 3.01. The van der Waals surface area contributed by atoms with E-state index in [1.165, 1.54) is 17.1 Å². The van der Waals surface area contributed by atoms with Gasteiger partial charge in [-0.1, -0.05) is 24.4 Å². The number of ether oxygens (including phenoxy) is 1. The Morgan fingerprint density at radius 3 is 2.71 bits per heavy atom. The maximum Gasteiger partial charge on any atom is 0.259 e. The SMILES string of the molecule is COC1(c2nc(-c3ccc(=O)n(C)c3)no2)CCCCC1. The maximum atomic E-state index is 11.4. The molecule has 0 saturated heterocycles. The molecule has 1 fully saturated rings. The third kappa shape index (κ3) is 2.51. The zero-order chi connectivity index (χ0) is 14.9. The first kappa shape index (κ1) is 14.0. The molecule has 0 bridgehead atoms. The third-order valence-electron chi connectivity index (χ3n) is 4.21. The number of aromatic nitrogens is 3. The van der Waals surface area contributed by atoms with Crippen molar-refractivity contribution in [3.05, 3.63) is 34.6 Å². The summed E-state index contributed by atoms with van der Waals surface area (Å²) in [6.45, 7) is 0. The molecule has 3 rings (SSSR count). The van der Waals surface area contributed by atoms with Crippen LogP contribution in [0.25, 0.3) is 11.4 Å².